The van der Waals surface area contributed by atoms with E-state index in [0.29, 0.717) is 11.4 Å². The number of carbonyl (C=O) groups excluding carboxylic acids is 1. The lowest BCUT2D eigenvalue weighted by molar-refractivity contribution is -0.136. The Bertz CT molecular complexity index is 592. The van der Waals surface area contributed by atoms with E-state index in [1.807, 2.05) is 19.2 Å². The number of piperazine rings is 1. The van der Waals surface area contributed by atoms with Gasteiger partial charge in [-0.05, 0) is 43.8 Å². The summed E-state index contributed by atoms with van der Waals surface area (Å²) >= 11 is 6.01. The Morgan fingerprint density at radius 1 is 1.32 bits per heavy atom. The highest BCUT2D eigenvalue weighted by atomic mass is 35.5. The number of carbonyl (C=O) groups is 1. The van der Waals surface area contributed by atoms with Crippen LogP contribution >= 0.6 is 24.0 Å². The molecule has 25 heavy (non-hydrogen) atoms. The Labute approximate surface area is 161 Å². The molecule has 0 aliphatic carbocycles. The van der Waals surface area contributed by atoms with E-state index in [1.54, 1.807) is 11.0 Å². The zero-order valence-corrected chi connectivity index (χ0v) is 16.5. The molecule has 1 aromatic rings. The highest BCUT2D eigenvalue weighted by Crippen LogP contribution is 2.31. The second kappa shape index (κ2) is 9.08. The Morgan fingerprint density at radius 3 is 2.76 bits per heavy atom. The van der Waals surface area contributed by atoms with Gasteiger partial charge in [-0.15, -0.1) is 12.4 Å². The molecule has 1 fully saturated rings. The Balaban J connectivity index is 0.00000225. The SMILES string of the molecule is CN1CCN(CCCN(C)C(=O)C2Cc3cc(Cl)ccc3O2)CC1.Cl. The molecule has 1 aromatic carbocycles. The van der Waals surface area contributed by atoms with Crippen LogP contribution in [-0.4, -0.2) is 80.1 Å². The molecule has 5 nitrogen and oxygen atoms in total. The fourth-order valence-corrected chi connectivity index (χ4v) is 3.51. The van der Waals surface area contributed by atoms with Crippen LogP contribution in [0.25, 0.3) is 0 Å². The number of ether oxygens (including phenoxy) is 1. The summed E-state index contributed by atoms with van der Waals surface area (Å²) in [5.41, 5.74) is 1.02. The predicted molar refractivity (Wildman–Crippen MR) is 103 cm³/mol. The molecular formula is C18H27Cl2N3O2. The molecule has 1 saturated heterocycles. The molecule has 2 aliphatic heterocycles. The quantitative estimate of drug-likeness (QED) is 0.775. The largest absolute Gasteiger partial charge is 0.480 e. The highest BCUT2D eigenvalue weighted by Gasteiger charge is 2.31. The second-order valence-electron chi connectivity index (χ2n) is 6.82. The second-order valence-corrected chi connectivity index (χ2v) is 7.26. The van der Waals surface area contributed by atoms with E-state index >= 15 is 0 Å². The lowest BCUT2D eigenvalue weighted by Gasteiger charge is -2.32. The van der Waals surface area contributed by atoms with Crippen molar-refractivity contribution in [3.63, 3.8) is 0 Å². The Kier molecular flexibility index (Phi) is 7.37. The zero-order chi connectivity index (χ0) is 17.1. The molecule has 1 unspecified atom stereocenters. The third-order valence-corrected chi connectivity index (χ3v) is 5.15. The van der Waals surface area contributed by atoms with E-state index in [4.69, 9.17) is 16.3 Å². The lowest BCUT2D eigenvalue weighted by atomic mass is 10.1. The van der Waals surface area contributed by atoms with Crippen LogP contribution in [0.3, 0.4) is 0 Å². The minimum atomic E-state index is -0.410. The van der Waals surface area contributed by atoms with Crippen LogP contribution in [-0.2, 0) is 11.2 Å². The minimum absolute atomic E-state index is 0. The van der Waals surface area contributed by atoms with Crippen molar-refractivity contribution < 1.29 is 9.53 Å². The third kappa shape index (κ3) is 5.23. The number of hydrogen-bond donors (Lipinski definition) is 0. The first-order valence-electron chi connectivity index (χ1n) is 8.64. The zero-order valence-electron chi connectivity index (χ0n) is 14.9. The Hall–Kier alpha value is -1.01. The smallest absolute Gasteiger partial charge is 0.263 e. The molecule has 140 valence electrons. The average molecular weight is 388 g/mol. The monoisotopic (exact) mass is 387 g/mol. The molecule has 0 aromatic heterocycles. The standard InChI is InChI=1S/C18H26ClN3O2.ClH/c1-20-8-10-22(11-9-20)7-3-6-21(2)18(23)17-13-14-12-15(19)4-5-16(14)24-17;/h4-5,12,17H,3,6-11,13H2,1-2H3;1H. The van der Waals surface area contributed by atoms with Crippen LogP contribution in [0.2, 0.25) is 5.02 Å². The number of fused-ring (bicyclic) bond motifs is 1. The van der Waals surface area contributed by atoms with E-state index in [0.717, 1.165) is 57.0 Å². The minimum Gasteiger partial charge on any atom is -0.480 e. The molecule has 1 atom stereocenters. The third-order valence-electron chi connectivity index (χ3n) is 4.91. The van der Waals surface area contributed by atoms with Crippen molar-refractivity contribution in [2.75, 3.05) is 53.4 Å². The van der Waals surface area contributed by atoms with E-state index in [1.165, 1.54) is 0 Å². The molecule has 0 saturated carbocycles. The van der Waals surface area contributed by atoms with Crippen LogP contribution in [0.15, 0.2) is 18.2 Å². The number of benzene rings is 1. The molecule has 1 amide bonds. The molecule has 2 aliphatic rings. The van der Waals surface area contributed by atoms with E-state index in [2.05, 4.69) is 16.8 Å². The van der Waals surface area contributed by atoms with Crippen molar-refractivity contribution in [1.29, 1.82) is 0 Å². The maximum absolute atomic E-state index is 12.6. The van der Waals surface area contributed by atoms with Crippen molar-refractivity contribution in [3.05, 3.63) is 28.8 Å². The summed E-state index contributed by atoms with van der Waals surface area (Å²) in [6, 6.07) is 5.53. The van der Waals surface area contributed by atoms with Gasteiger partial charge in [0.15, 0.2) is 6.10 Å². The lowest BCUT2D eigenvalue weighted by Crippen LogP contribution is -2.45. The molecule has 7 heteroatoms. The summed E-state index contributed by atoms with van der Waals surface area (Å²) in [7, 11) is 4.03. The number of rotatable bonds is 5. The van der Waals surface area contributed by atoms with Gasteiger partial charge in [0, 0.05) is 51.2 Å². The van der Waals surface area contributed by atoms with Crippen LogP contribution in [0.1, 0.15) is 12.0 Å². The first-order chi connectivity index (χ1) is 11.5. The summed E-state index contributed by atoms with van der Waals surface area (Å²) in [6.45, 7) is 6.32. The molecule has 0 N–H and O–H groups in total. The van der Waals surface area contributed by atoms with Crippen molar-refractivity contribution in [2.24, 2.45) is 0 Å². The van der Waals surface area contributed by atoms with Crippen LogP contribution in [0.5, 0.6) is 5.75 Å². The van der Waals surface area contributed by atoms with Gasteiger partial charge in [0.25, 0.3) is 5.91 Å². The maximum Gasteiger partial charge on any atom is 0.263 e. The summed E-state index contributed by atoms with van der Waals surface area (Å²) in [6.07, 6.45) is 1.20. The predicted octanol–water partition coefficient (Wildman–Crippen LogP) is 2.16. The first-order valence-corrected chi connectivity index (χ1v) is 9.01. The number of halogens is 2. The summed E-state index contributed by atoms with van der Waals surface area (Å²) in [4.78, 5) is 19.2. The van der Waals surface area contributed by atoms with E-state index in [9.17, 15) is 4.79 Å². The van der Waals surface area contributed by atoms with Gasteiger partial charge in [0.1, 0.15) is 5.75 Å². The van der Waals surface area contributed by atoms with E-state index < -0.39 is 6.10 Å². The molecule has 3 rings (SSSR count). The fraction of sp³-hybridized carbons (Fsp3) is 0.611. The van der Waals surface area contributed by atoms with Gasteiger partial charge in [-0.1, -0.05) is 11.6 Å². The maximum atomic E-state index is 12.6. The van der Waals surface area contributed by atoms with Gasteiger partial charge in [-0.3, -0.25) is 4.79 Å². The summed E-state index contributed by atoms with van der Waals surface area (Å²) < 4.78 is 5.79. The molecule has 0 bridgehead atoms. The average Bonchev–Trinajstić information content (AvgIpc) is 2.98. The van der Waals surface area contributed by atoms with Crippen LogP contribution < -0.4 is 4.74 Å². The topological polar surface area (TPSA) is 36.0 Å². The van der Waals surface area contributed by atoms with Crippen molar-refractivity contribution in [2.45, 2.75) is 18.9 Å². The summed E-state index contributed by atoms with van der Waals surface area (Å²) in [5, 5.41) is 0.686. The first kappa shape index (κ1) is 20.3. The van der Waals surface area contributed by atoms with Crippen LogP contribution in [0.4, 0.5) is 0 Å². The number of amides is 1. The van der Waals surface area contributed by atoms with Gasteiger partial charge in [0.05, 0.1) is 0 Å². The number of hydrogen-bond acceptors (Lipinski definition) is 4. The van der Waals surface area contributed by atoms with Crippen molar-refractivity contribution in [3.8, 4) is 5.75 Å². The number of likely N-dealkylation sites (N-methyl/N-ethyl adjacent to an activating group) is 2. The fourth-order valence-electron chi connectivity index (χ4n) is 3.31. The highest BCUT2D eigenvalue weighted by molar-refractivity contribution is 6.30. The molecule has 2 heterocycles. The molecular weight excluding hydrogens is 361 g/mol. The van der Waals surface area contributed by atoms with Gasteiger partial charge < -0.3 is 19.4 Å². The van der Waals surface area contributed by atoms with Crippen molar-refractivity contribution in [1.82, 2.24) is 14.7 Å². The molecule has 0 spiro atoms. The van der Waals surface area contributed by atoms with Gasteiger partial charge in [-0.25, -0.2) is 0 Å². The Morgan fingerprint density at radius 2 is 2.04 bits per heavy atom. The van der Waals surface area contributed by atoms with Gasteiger partial charge in [-0.2, -0.15) is 0 Å². The summed E-state index contributed by atoms with van der Waals surface area (Å²) in [5.74, 6) is 0.837. The normalized spacial score (nSPS) is 20.5. The van der Waals surface area contributed by atoms with Crippen LogP contribution in [0, 0.1) is 0 Å². The van der Waals surface area contributed by atoms with Gasteiger partial charge in [0.2, 0.25) is 0 Å². The molecule has 0 radical (unpaired) electrons. The van der Waals surface area contributed by atoms with Gasteiger partial charge >= 0.3 is 0 Å². The van der Waals surface area contributed by atoms with Crippen molar-refractivity contribution >= 4 is 29.9 Å². The number of nitrogens with zero attached hydrogens (tertiary/aromatic N) is 3. The van der Waals surface area contributed by atoms with E-state index in [-0.39, 0.29) is 18.3 Å².